The minimum atomic E-state index is -0.413. The number of hydrogen-bond donors (Lipinski definition) is 1. The average Bonchev–Trinajstić information content (AvgIpc) is 3.16. The molecule has 1 heterocycles. The Kier molecular flexibility index (Phi) is 6.93. The Morgan fingerprint density at radius 3 is 2.41 bits per heavy atom. The highest BCUT2D eigenvalue weighted by molar-refractivity contribution is 7.98. The van der Waals surface area contributed by atoms with Crippen molar-refractivity contribution in [2.75, 3.05) is 18.0 Å². The van der Waals surface area contributed by atoms with Gasteiger partial charge in [-0.1, -0.05) is 23.9 Å². The van der Waals surface area contributed by atoms with Crippen molar-refractivity contribution in [3.05, 3.63) is 59.7 Å². The molecule has 0 spiro atoms. The summed E-state index contributed by atoms with van der Waals surface area (Å²) in [6.45, 7) is 9.16. The van der Waals surface area contributed by atoms with Crippen molar-refractivity contribution in [1.29, 1.82) is 0 Å². The lowest BCUT2D eigenvalue weighted by molar-refractivity contribution is 0.1000. The number of hydrogen-bond acceptors (Lipinski definition) is 5. The predicted octanol–water partition coefficient (Wildman–Crippen LogP) is 4.20. The van der Waals surface area contributed by atoms with E-state index in [-0.39, 0.29) is 0 Å². The summed E-state index contributed by atoms with van der Waals surface area (Å²) in [6, 6.07) is 15.9. The standard InChI is InChI=1S/C22H27N5OS/c1-4-26(5-2)19-12-10-17(11-13-19)21-24-25-22(27(21)6-3)29-15-16-8-7-9-18(14-16)20(23)28/h7-14H,4-6,15H2,1-3H3,(H2,23,28). The van der Waals surface area contributed by atoms with E-state index in [1.807, 2.05) is 18.2 Å². The molecule has 0 aliphatic heterocycles. The quantitative estimate of drug-likeness (QED) is 0.536. The van der Waals surface area contributed by atoms with Crippen LogP contribution in [0, 0.1) is 0 Å². The van der Waals surface area contributed by atoms with Gasteiger partial charge in [-0.2, -0.15) is 0 Å². The van der Waals surface area contributed by atoms with Gasteiger partial charge in [0.2, 0.25) is 5.91 Å². The normalized spacial score (nSPS) is 10.9. The molecule has 0 unspecified atom stereocenters. The van der Waals surface area contributed by atoms with Gasteiger partial charge in [0.25, 0.3) is 0 Å². The lowest BCUT2D eigenvalue weighted by Crippen LogP contribution is -2.21. The summed E-state index contributed by atoms with van der Waals surface area (Å²) in [4.78, 5) is 13.7. The molecule has 3 rings (SSSR count). The number of rotatable bonds is 9. The SMILES string of the molecule is CCN(CC)c1ccc(-c2nnc(SCc3cccc(C(N)=O)c3)n2CC)cc1. The average molecular weight is 410 g/mol. The zero-order valence-corrected chi connectivity index (χ0v) is 17.9. The first kappa shape index (κ1) is 20.9. The molecule has 0 fully saturated rings. The van der Waals surface area contributed by atoms with Gasteiger partial charge in [0.15, 0.2) is 11.0 Å². The Balaban J connectivity index is 1.78. The van der Waals surface area contributed by atoms with E-state index in [2.05, 4.69) is 64.7 Å². The Morgan fingerprint density at radius 1 is 1.07 bits per heavy atom. The van der Waals surface area contributed by atoms with Gasteiger partial charge in [-0.3, -0.25) is 4.79 Å². The molecule has 0 radical (unpaired) electrons. The molecule has 2 N–H and O–H groups in total. The number of anilines is 1. The molecule has 0 aliphatic rings. The van der Waals surface area contributed by atoms with Crippen LogP contribution in [-0.2, 0) is 12.3 Å². The van der Waals surface area contributed by atoms with Gasteiger partial charge in [-0.25, -0.2) is 0 Å². The number of amides is 1. The summed E-state index contributed by atoms with van der Waals surface area (Å²) in [7, 11) is 0. The topological polar surface area (TPSA) is 77.0 Å². The third-order valence-electron chi connectivity index (χ3n) is 4.87. The summed E-state index contributed by atoms with van der Waals surface area (Å²) < 4.78 is 2.12. The van der Waals surface area contributed by atoms with Crippen LogP contribution in [-0.4, -0.2) is 33.8 Å². The number of aromatic nitrogens is 3. The predicted molar refractivity (Wildman–Crippen MR) is 119 cm³/mol. The second-order valence-electron chi connectivity index (χ2n) is 6.62. The van der Waals surface area contributed by atoms with Crippen molar-refractivity contribution in [2.45, 2.75) is 38.2 Å². The van der Waals surface area contributed by atoms with Crippen molar-refractivity contribution in [2.24, 2.45) is 5.73 Å². The van der Waals surface area contributed by atoms with Gasteiger partial charge in [0, 0.05) is 42.2 Å². The van der Waals surface area contributed by atoms with E-state index in [4.69, 9.17) is 5.73 Å². The molecule has 1 aromatic heterocycles. The highest BCUT2D eigenvalue weighted by Crippen LogP contribution is 2.28. The van der Waals surface area contributed by atoms with Crippen LogP contribution in [0.1, 0.15) is 36.7 Å². The number of carbonyl (C=O) groups is 1. The number of carbonyl (C=O) groups excluding carboxylic acids is 1. The summed E-state index contributed by atoms with van der Waals surface area (Å²) in [5.74, 6) is 1.15. The highest BCUT2D eigenvalue weighted by atomic mass is 32.2. The summed E-state index contributed by atoms with van der Waals surface area (Å²) in [5.41, 5.74) is 9.19. The first-order valence-corrected chi connectivity index (χ1v) is 10.9. The zero-order chi connectivity index (χ0) is 20.8. The second-order valence-corrected chi connectivity index (χ2v) is 7.57. The largest absolute Gasteiger partial charge is 0.372 e. The van der Waals surface area contributed by atoms with E-state index in [0.717, 1.165) is 41.7 Å². The van der Waals surface area contributed by atoms with E-state index < -0.39 is 5.91 Å². The molecule has 6 nitrogen and oxygen atoms in total. The van der Waals surface area contributed by atoms with Gasteiger partial charge in [0.1, 0.15) is 0 Å². The molecule has 2 aromatic carbocycles. The van der Waals surface area contributed by atoms with Gasteiger partial charge >= 0.3 is 0 Å². The molecule has 0 aliphatic carbocycles. The van der Waals surface area contributed by atoms with Gasteiger partial charge < -0.3 is 15.2 Å². The Labute approximate surface area is 176 Å². The molecule has 0 saturated carbocycles. The molecule has 7 heteroatoms. The van der Waals surface area contributed by atoms with Crippen LogP contribution in [0.25, 0.3) is 11.4 Å². The van der Waals surface area contributed by atoms with Crippen molar-refractivity contribution < 1.29 is 4.79 Å². The van der Waals surface area contributed by atoms with Gasteiger partial charge in [-0.15, -0.1) is 10.2 Å². The van der Waals surface area contributed by atoms with Crippen LogP contribution < -0.4 is 10.6 Å². The summed E-state index contributed by atoms with van der Waals surface area (Å²) in [6.07, 6.45) is 0. The maximum absolute atomic E-state index is 11.4. The third kappa shape index (κ3) is 4.79. The van der Waals surface area contributed by atoms with E-state index in [9.17, 15) is 4.79 Å². The van der Waals surface area contributed by atoms with E-state index in [0.29, 0.717) is 11.3 Å². The maximum Gasteiger partial charge on any atom is 0.248 e. The second kappa shape index (κ2) is 9.60. The Morgan fingerprint density at radius 2 is 1.79 bits per heavy atom. The molecule has 3 aromatic rings. The first-order valence-electron chi connectivity index (χ1n) is 9.87. The van der Waals surface area contributed by atoms with E-state index in [1.165, 1.54) is 5.69 Å². The van der Waals surface area contributed by atoms with Crippen molar-refractivity contribution in [3.63, 3.8) is 0 Å². The minimum Gasteiger partial charge on any atom is -0.372 e. The minimum absolute atomic E-state index is 0.413. The maximum atomic E-state index is 11.4. The summed E-state index contributed by atoms with van der Waals surface area (Å²) >= 11 is 1.60. The molecule has 0 saturated heterocycles. The molecule has 0 bridgehead atoms. The van der Waals surface area contributed by atoms with Crippen molar-refractivity contribution in [3.8, 4) is 11.4 Å². The van der Waals surface area contributed by atoms with Crippen molar-refractivity contribution in [1.82, 2.24) is 14.8 Å². The highest BCUT2D eigenvalue weighted by Gasteiger charge is 2.14. The van der Waals surface area contributed by atoms with Gasteiger partial charge in [0.05, 0.1) is 0 Å². The molecule has 29 heavy (non-hydrogen) atoms. The Hall–Kier alpha value is -2.80. The number of nitrogens with two attached hydrogens (primary N) is 1. The van der Waals surface area contributed by atoms with Crippen molar-refractivity contribution >= 4 is 23.4 Å². The number of primary amides is 1. The van der Waals surface area contributed by atoms with Crippen LogP contribution in [0.15, 0.2) is 53.7 Å². The van der Waals surface area contributed by atoms with Crippen LogP contribution in [0.4, 0.5) is 5.69 Å². The summed E-state index contributed by atoms with van der Waals surface area (Å²) in [5, 5.41) is 9.70. The molecular weight excluding hydrogens is 382 g/mol. The number of benzene rings is 2. The lowest BCUT2D eigenvalue weighted by atomic mass is 10.1. The Bertz CT molecular complexity index is 964. The van der Waals surface area contributed by atoms with Crippen LogP contribution in [0.2, 0.25) is 0 Å². The van der Waals surface area contributed by atoms with Crippen LogP contribution in [0.3, 0.4) is 0 Å². The molecular formula is C22H27N5OS. The fraction of sp³-hybridized carbons (Fsp3) is 0.318. The fourth-order valence-corrected chi connectivity index (χ4v) is 4.21. The van der Waals surface area contributed by atoms with Crippen LogP contribution >= 0.6 is 11.8 Å². The smallest absolute Gasteiger partial charge is 0.248 e. The number of nitrogens with zero attached hydrogens (tertiary/aromatic N) is 4. The van der Waals surface area contributed by atoms with Crippen LogP contribution in [0.5, 0.6) is 0 Å². The van der Waals surface area contributed by atoms with E-state index in [1.54, 1.807) is 17.8 Å². The van der Waals surface area contributed by atoms with Gasteiger partial charge in [-0.05, 0) is 62.7 Å². The first-order chi connectivity index (χ1) is 14.1. The zero-order valence-electron chi connectivity index (χ0n) is 17.1. The molecule has 152 valence electrons. The number of thioether (sulfide) groups is 1. The lowest BCUT2D eigenvalue weighted by Gasteiger charge is -2.21. The molecule has 1 amide bonds. The molecule has 0 atom stereocenters. The fourth-order valence-electron chi connectivity index (χ4n) is 3.27. The van der Waals surface area contributed by atoms with E-state index >= 15 is 0 Å². The monoisotopic (exact) mass is 409 g/mol. The third-order valence-corrected chi connectivity index (χ3v) is 5.90.